The number of nitrogens with one attached hydrogen (secondary N) is 1. The Kier molecular flexibility index (Phi) is 4.34. The molecule has 102 valence electrons. The Morgan fingerprint density at radius 1 is 1.26 bits per heavy atom. The summed E-state index contributed by atoms with van der Waals surface area (Å²) >= 11 is 3.45. The van der Waals surface area contributed by atoms with Crippen molar-refractivity contribution in [2.45, 2.75) is 32.9 Å². The normalized spacial score (nSPS) is 11.8. The zero-order chi connectivity index (χ0) is 13.9. The Labute approximate surface area is 120 Å². The molecule has 0 fully saturated rings. The van der Waals surface area contributed by atoms with E-state index >= 15 is 0 Å². The maximum absolute atomic E-state index is 5.57. The van der Waals surface area contributed by atoms with Crippen molar-refractivity contribution in [3.05, 3.63) is 34.6 Å². The molecule has 0 bridgehead atoms. The lowest BCUT2D eigenvalue weighted by Crippen LogP contribution is -2.28. The van der Waals surface area contributed by atoms with E-state index in [9.17, 15) is 0 Å². The van der Waals surface area contributed by atoms with E-state index in [4.69, 9.17) is 9.25 Å². The van der Waals surface area contributed by atoms with Crippen LogP contribution < -0.4 is 5.48 Å². The van der Waals surface area contributed by atoms with Gasteiger partial charge in [-0.2, -0.15) is 5.48 Å². The lowest BCUT2D eigenvalue weighted by Gasteiger charge is -2.18. The van der Waals surface area contributed by atoms with Crippen LogP contribution in [-0.4, -0.2) is 15.8 Å². The van der Waals surface area contributed by atoms with Crippen molar-refractivity contribution in [3.63, 3.8) is 0 Å². The minimum Gasteiger partial charge on any atom is -0.419 e. The third-order valence-electron chi connectivity index (χ3n) is 2.17. The highest BCUT2D eigenvalue weighted by Crippen LogP contribution is 2.26. The highest BCUT2D eigenvalue weighted by molar-refractivity contribution is 9.10. The number of nitrogens with zero attached hydrogens (tertiary/aromatic N) is 2. The van der Waals surface area contributed by atoms with Crippen LogP contribution in [0.15, 0.2) is 33.2 Å². The molecule has 5 nitrogen and oxygen atoms in total. The monoisotopic (exact) mass is 325 g/mol. The van der Waals surface area contributed by atoms with Gasteiger partial charge in [-0.15, -0.1) is 10.2 Å². The van der Waals surface area contributed by atoms with Gasteiger partial charge in [0.25, 0.3) is 0 Å². The molecule has 1 aromatic carbocycles. The van der Waals surface area contributed by atoms with Crippen LogP contribution in [0, 0.1) is 0 Å². The fourth-order valence-corrected chi connectivity index (χ4v) is 1.84. The molecule has 0 spiro atoms. The van der Waals surface area contributed by atoms with E-state index in [1.807, 2.05) is 45.0 Å². The second-order valence-electron chi connectivity index (χ2n) is 5.02. The zero-order valence-electron chi connectivity index (χ0n) is 11.1. The van der Waals surface area contributed by atoms with Crippen LogP contribution in [0.4, 0.5) is 0 Å². The summed E-state index contributed by atoms with van der Waals surface area (Å²) in [6.45, 7) is 6.25. The minimum atomic E-state index is -0.259. The third kappa shape index (κ3) is 4.12. The summed E-state index contributed by atoms with van der Waals surface area (Å²) in [6.07, 6.45) is 0. The molecule has 19 heavy (non-hydrogen) atoms. The van der Waals surface area contributed by atoms with Gasteiger partial charge in [-0.25, -0.2) is 0 Å². The summed E-state index contributed by atoms with van der Waals surface area (Å²) in [5, 5.41) is 7.99. The number of hydrogen-bond donors (Lipinski definition) is 1. The van der Waals surface area contributed by atoms with Crippen LogP contribution in [0.1, 0.15) is 26.7 Å². The molecule has 0 saturated carbocycles. The van der Waals surface area contributed by atoms with E-state index in [0.717, 1.165) is 10.0 Å². The Morgan fingerprint density at radius 3 is 2.68 bits per heavy atom. The standard InChI is InChI=1S/C13H16BrN3O2/c1-13(2,3)19-15-8-11-16-17-12(18-11)9-6-4-5-7-10(9)14/h4-7,15H,8H2,1-3H3. The van der Waals surface area contributed by atoms with Gasteiger partial charge in [0.1, 0.15) is 0 Å². The molecule has 0 saturated heterocycles. The van der Waals surface area contributed by atoms with Gasteiger partial charge < -0.3 is 4.42 Å². The average molecular weight is 326 g/mol. The summed E-state index contributed by atoms with van der Waals surface area (Å²) in [5.41, 5.74) is 3.43. The molecular formula is C13H16BrN3O2. The van der Waals surface area contributed by atoms with E-state index in [1.54, 1.807) is 0 Å². The topological polar surface area (TPSA) is 60.2 Å². The van der Waals surface area contributed by atoms with Crippen LogP contribution in [-0.2, 0) is 11.4 Å². The second kappa shape index (κ2) is 5.81. The quantitative estimate of drug-likeness (QED) is 0.874. The summed E-state index contributed by atoms with van der Waals surface area (Å²) in [7, 11) is 0. The predicted octanol–water partition coefficient (Wildman–Crippen LogP) is 3.32. The van der Waals surface area contributed by atoms with Crippen molar-refractivity contribution in [1.29, 1.82) is 0 Å². The predicted molar refractivity (Wildman–Crippen MR) is 75.1 cm³/mol. The van der Waals surface area contributed by atoms with Gasteiger partial charge in [0, 0.05) is 4.47 Å². The first-order chi connectivity index (χ1) is 8.96. The molecular weight excluding hydrogens is 310 g/mol. The molecule has 1 aromatic heterocycles. The summed E-state index contributed by atoms with van der Waals surface area (Å²) in [4.78, 5) is 5.38. The zero-order valence-corrected chi connectivity index (χ0v) is 12.7. The van der Waals surface area contributed by atoms with Gasteiger partial charge in [0.15, 0.2) is 0 Å². The number of halogens is 1. The highest BCUT2D eigenvalue weighted by Gasteiger charge is 2.13. The first-order valence-corrected chi connectivity index (χ1v) is 6.73. The Balaban J connectivity index is 2.02. The van der Waals surface area contributed by atoms with Crippen LogP contribution >= 0.6 is 15.9 Å². The molecule has 0 aliphatic rings. The van der Waals surface area contributed by atoms with Crippen LogP contribution in [0.5, 0.6) is 0 Å². The molecule has 0 atom stereocenters. The second-order valence-corrected chi connectivity index (χ2v) is 5.87. The highest BCUT2D eigenvalue weighted by atomic mass is 79.9. The number of benzene rings is 1. The number of rotatable bonds is 4. The van der Waals surface area contributed by atoms with Gasteiger partial charge >= 0.3 is 0 Å². The van der Waals surface area contributed by atoms with Crippen molar-refractivity contribution < 1.29 is 9.25 Å². The summed E-state index contributed by atoms with van der Waals surface area (Å²) < 4.78 is 6.49. The Hall–Kier alpha value is -1.24. The summed E-state index contributed by atoms with van der Waals surface area (Å²) in [5.74, 6) is 0.968. The maximum Gasteiger partial charge on any atom is 0.248 e. The van der Waals surface area contributed by atoms with E-state index < -0.39 is 0 Å². The number of hydrogen-bond acceptors (Lipinski definition) is 5. The van der Waals surface area contributed by atoms with E-state index in [1.165, 1.54) is 0 Å². The fourth-order valence-electron chi connectivity index (χ4n) is 1.38. The maximum atomic E-state index is 5.57. The van der Waals surface area contributed by atoms with Crippen LogP contribution in [0.25, 0.3) is 11.5 Å². The van der Waals surface area contributed by atoms with Crippen LogP contribution in [0.2, 0.25) is 0 Å². The molecule has 0 aliphatic carbocycles. The van der Waals surface area contributed by atoms with Gasteiger partial charge in [-0.05, 0) is 48.8 Å². The third-order valence-corrected chi connectivity index (χ3v) is 2.86. The van der Waals surface area contributed by atoms with E-state index in [2.05, 4.69) is 31.6 Å². The molecule has 1 heterocycles. The number of hydroxylamine groups is 1. The molecule has 2 rings (SSSR count). The Morgan fingerprint density at radius 2 is 2.00 bits per heavy atom. The van der Waals surface area contributed by atoms with Gasteiger partial charge in [-0.1, -0.05) is 12.1 Å². The first-order valence-electron chi connectivity index (χ1n) is 5.94. The van der Waals surface area contributed by atoms with Crippen molar-refractivity contribution in [3.8, 4) is 11.5 Å². The van der Waals surface area contributed by atoms with E-state index in [0.29, 0.717) is 18.3 Å². The molecule has 0 radical (unpaired) electrons. The Bertz CT molecular complexity index is 549. The smallest absolute Gasteiger partial charge is 0.248 e. The SMILES string of the molecule is CC(C)(C)ONCc1nnc(-c2ccccc2Br)o1. The fraction of sp³-hybridized carbons (Fsp3) is 0.385. The molecule has 0 amide bonds. The van der Waals surface area contributed by atoms with Crippen LogP contribution in [0.3, 0.4) is 0 Å². The molecule has 6 heteroatoms. The van der Waals surface area contributed by atoms with Crippen molar-refractivity contribution in [2.24, 2.45) is 0 Å². The van der Waals surface area contributed by atoms with E-state index in [-0.39, 0.29) is 5.60 Å². The summed E-state index contributed by atoms with van der Waals surface area (Å²) in [6, 6.07) is 7.70. The molecule has 2 aromatic rings. The largest absolute Gasteiger partial charge is 0.419 e. The van der Waals surface area contributed by atoms with Gasteiger partial charge in [-0.3, -0.25) is 4.84 Å². The van der Waals surface area contributed by atoms with Crippen molar-refractivity contribution in [2.75, 3.05) is 0 Å². The lowest BCUT2D eigenvalue weighted by atomic mass is 10.2. The number of aromatic nitrogens is 2. The lowest BCUT2D eigenvalue weighted by molar-refractivity contribution is -0.0779. The minimum absolute atomic E-state index is 0.259. The van der Waals surface area contributed by atoms with Gasteiger partial charge in [0.05, 0.1) is 17.7 Å². The molecule has 1 N–H and O–H groups in total. The first kappa shape index (κ1) is 14.2. The van der Waals surface area contributed by atoms with Gasteiger partial charge in [0.2, 0.25) is 11.8 Å². The van der Waals surface area contributed by atoms with Crippen molar-refractivity contribution in [1.82, 2.24) is 15.7 Å². The molecule has 0 aliphatic heterocycles. The molecule has 0 unspecified atom stereocenters. The van der Waals surface area contributed by atoms with Crippen molar-refractivity contribution >= 4 is 15.9 Å². The average Bonchev–Trinajstić information content (AvgIpc) is 2.76.